The van der Waals surface area contributed by atoms with Crippen LogP contribution < -0.4 is 0 Å². The van der Waals surface area contributed by atoms with Crippen molar-refractivity contribution in [3.8, 4) is 0 Å². The molecular weight excluding hydrogens is 398 g/mol. The van der Waals surface area contributed by atoms with Gasteiger partial charge >= 0.3 is 0 Å². The lowest BCUT2D eigenvalue weighted by Gasteiger charge is -2.28. The van der Waals surface area contributed by atoms with Crippen LogP contribution >= 0.6 is 0 Å². The minimum absolute atomic E-state index is 0.0212. The van der Waals surface area contributed by atoms with E-state index in [2.05, 4.69) is 55.2 Å². The smallest absolute Gasteiger partial charge is 0.242 e. The minimum Gasteiger partial charge on any atom is -0.361 e. The Labute approximate surface area is 190 Å². The van der Waals surface area contributed by atoms with Crippen molar-refractivity contribution in [3.05, 3.63) is 71.4 Å². The van der Waals surface area contributed by atoms with E-state index in [0.29, 0.717) is 19.6 Å². The van der Waals surface area contributed by atoms with Gasteiger partial charge in [0.25, 0.3) is 0 Å². The van der Waals surface area contributed by atoms with E-state index in [4.69, 9.17) is 0 Å². The molecular formula is C27H33N3O2. The zero-order chi connectivity index (χ0) is 22.5. The standard InChI is InChI=1S/C27H33N3O2/c1-3-15-30(27(32)22-12-13-22)19-26(31)29(18-21-10-8-20(2)9-11-21)16-14-23-17-28-25-7-5-4-6-24(23)25/h4-11,17,22,28H,3,12-16,18-19H2,1-2H3. The van der Waals surface area contributed by atoms with Gasteiger partial charge in [-0.05, 0) is 49.8 Å². The number of aryl methyl sites for hydroxylation is 1. The van der Waals surface area contributed by atoms with Crippen molar-refractivity contribution in [1.29, 1.82) is 0 Å². The third-order valence-electron chi connectivity index (χ3n) is 6.23. The molecule has 32 heavy (non-hydrogen) atoms. The summed E-state index contributed by atoms with van der Waals surface area (Å²) in [6.07, 6.45) is 5.59. The summed E-state index contributed by atoms with van der Waals surface area (Å²) in [7, 11) is 0. The van der Waals surface area contributed by atoms with E-state index in [1.165, 1.54) is 16.5 Å². The van der Waals surface area contributed by atoms with Crippen LogP contribution in [-0.4, -0.2) is 46.2 Å². The highest BCUT2D eigenvalue weighted by atomic mass is 16.2. The third kappa shape index (κ3) is 5.39. The molecule has 168 valence electrons. The maximum atomic E-state index is 13.4. The number of fused-ring (bicyclic) bond motifs is 1. The molecule has 2 aromatic carbocycles. The average molecular weight is 432 g/mol. The Morgan fingerprint density at radius 1 is 1.00 bits per heavy atom. The number of para-hydroxylation sites is 1. The van der Waals surface area contributed by atoms with E-state index < -0.39 is 0 Å². The predicted octanol–water partition coefficient (Wildman–Crippen LogP) is 4.70. The summed E-state index contributed by atoms with van der Waals surface area (Å²) in [5.74, 6) is 0.297. The summed E-state index contributed by atoms with van der Waals surface area (Å²) < 4.78 is 0. The average Bonchev–Trinajstić information content (AvgIpc) is 3.57. The van der Waals surface area contributed by atoms with Crippen LogP contribution in [0.25, 0.3) is 10.9 Å². The van der Waals surface area contributed by atoms with E-state index in [0.717, 1.165) is 36.8 Å². The van der Waals surface area contributed by atoms with Gasteiger partial charge in [0.1, 0.15) is 0 Å². The normalized spacial score (nSPS) is 13.3. The van der Waals surface area contributed by atoms with Crippen molar-refractivity contribution in [2.45, 2.75) is 46.1 Å². The maximum absolute atomic E-state index is 13.4. The van der Waals surface area contributed by atoms with Crippen molar-refractivity contribution in [2.24, 2.45) is 5.92 Å². The van der Waals surface area contributed by atoms with Crippen LogP contribution in [0.5, 0.6) is 0 Å². The molecule has 0 atom stereocenters. The van der Waals surface area contributed by atoms with Crippen molar-refractivity contribution in [1.82, 2.24) is 14.8 Å². The van der Waals surface area contributed by atoms with Gasteiger partial charge in [-0.3, -0.25) is 9.59 Å². The second-order valence-electron chi connectivity index (χ2n) is 8.94. The van der Waals surface area contributed by atoms with Crippen LogP contribution in [0.15, 0.2) is 54.7 Å². The Morgan fingerprint density at radius 2 is 1.75 bits per heavy atom. The van der Waals surface area contributed by atoms with Crippen LogP contribution in [0, 0.1) is 12.8 Å². The number of hydrogen-bond donors (Lipinski definition) is 1. The molecule has 0 saturated heterocycles. The maximum Gasteiger partial charge on any atom is 0.242 e. The van der Waals surface area contributed by atoms with E-state index in [9.17, 15) is 9.59 Å². The summed E-state index contributed by atoms with van der Waals surface area (Å²) in [5, 5.41) is 1.20. The van der Waals surface area contributed by atoms with Crippen LogP contribution in [-0.2, 0) is 22.6 Å². The molecule has 1 heterocycles. The fourth-order valence-corrected chi connectivity index (χ4v) is 4.19. The number of H-pyrrole nitrogens is 1. The van der Waals surface area contributed by atoms with Gasteiger partial charge in [-0.1, -0.05) is 55.0 Å². The Bertz CT molecular complexity index is 1070. The number of nitrogens with zero attached hydrogens (tertiary/aromatic N) is 2. The Morgan fingerprint density at radius 3 is 2.47 bits per heavy atom. The molecule has 1 N–H and O–H groups in total. The van der Waals surface area contributed by atoms with Gasteiger partial charge in [0.2, 0.25) is 11.8 Å². The van der Waals surface area contributed by atoms with Gasteiger partial charge in [0, 0.05) is 42.7 Å². The van der Waals surface area contributed by atoms with Gasteiger partial charge in [0.15, 0.2) is 0 Å². The Hall–Kier alpha value is -3.08. The summed E-state index contributed by atoms with van der Waals surface area (Å²) >= 11 is 0. The van der Waals surface area contributed by atoms with Gasteiger partial charge in [-0.2, -0.15) is 0 Å². The first-order chi connectivity index (χ1) is 15.5. The largest absolute Gasteiger partial charge is 0.361 e. The summed E-state index contributed by atoms with van der Waals surface area (Å²) in [4.78, 5) is 33.1. The number of rotatable bonds is 10. The molecule has 0 unspecified atom stereocenters. The van der Waals surface area contributed by atoms with Crippen molar-refractivity contribution in [3.63, 3.8) is 0 Å². The third-order valence-corrected chi connectivity index (χ3v) is 6.23. The summed E-state index contributed by atoms with van der Waals surface area (Å²) in [6, 6.07) is 16.6. The quantitative estimate of drug-likeness (QED) is 0.506. The van der Waals surface area contributed by atoms with Crippen LogP contribution in [0.2, 0.25) is 0 Å². The lowest BCUT2D eigenvalue weighted by atomic mass is 10.1. The molecule has 1 aliphatic rings. The van der Waals surface area contributed by atoms with Crippen LogP contribution in [0.4, 0.5) is 0 Å². The second-order valence-corrected chi connectivity index (χ2v) is 8.94. The predicted molar refractivity (Wildman–Crippen MR) is 128 cm³/mol. The number of aromatic amines is 1. The monoisotopic (exact) mass is 431 g/mol. The molecule has 3 aromatic rings. The zero-order valence-corrected chi connectivity index (χ0v) is 19.1. The highest BCUT2D eigenvalue weighted by Gasteiger charge is 2.34. The molecule has 0 radical (unpaired) electrons. The summed E-state index contributed by atoms with van der Waals surface area (Å²) in [6.45, 7) is 6.10. The topological polar surface area (TPSA) is 56.4 Å². The van der Waals surface area contributed by atoms with Crippen molar-refractivity contribution < 1.29 is 9.59 Å². The van der Waals surface area contributed by atoms with Crippen LogP contribution in [0.3, 0.4) is 0 Å². The summed E-state index contributed by atoms with van der Waals surface area (Å²) in [5.41, 5.74) is 4.64. The van der Waals surface area contributed by atoms with Gasteiger partial charge in [-0.25, -0.2) is 0 Å². The number of carbonyl (C=O) groups is 2. The van der Waals surface area contributed by atoms with E-state index in [-0.39, 0.29) is 24.3 Å². The number of nitrogens with one attached hydrogen (secondary N) is 1. The molecule has 1 aromatic heterocycles. The SMILES string of the molecule is CCCN(CC(=O)N(CCc1c[nH]c2ccccc12)Cc1ccc(C)cc1)C(=O)C1CC1. The lowest BCUT2D eigenvalue weighted by molar-refractivity contribution is -0.141. The molecule has 1 saturated carbocycles. The number of hydrogen-bond acceptors (Lipinski definition) is 2. The fraction of sp³-hybridized carbons (Fsp3) is 0.407. The number of carbonyl (C=O) groups excluding carboxylic acids is 2. The molecule has 5 heteroatoms. The number of benzene rings is 2. The Balaban J connectivity index is 1.49. The first-order valence-corrected chi connectivity index (χ1v) is 11.7. The molecule has 0 spiro atoms. The van der Waals surface area contributed by atoms with Gasteiger partial charge < -0.3 is 14.8 Å². The highest BCUT2D eigenvalue weighted by Crippen LogP contribution is 2.31. The van der Waals surface area contributed by atoms with E-state index in [1.807, 2.05) is 23.2 Å². The zero-order valence-electron chi connectivity index (χ0n) is 19.1. The molecule has 1 fully saturated rings. The van der Waals surface area contributed by atoms with Crippen molar-refractivity contribution >= 4 is 22.7 Å². The number of aromatic nitrogens is 1. The lowest BCUT2D eigenvalue weighted by Crippen LogP contribution is -2.44. The molecule has 2 amide bonds. The number of amides is 2. The first-order valence-electron chi connectivity index (χ1n) is 11.7. The van der Waals surface area contributed by atoms with E-state index >= 15 is 0 Å². The van der Waals surface area contributed by atoms with Crippen LogP contribution in [0.1, 0.15) is 42.9 Å². The molecule has 1 aliphatic carbocycles. The highest BCUT2D eigenvalue weighted by molar-refractivity contribution is 5.87. The van der Waals surface area contributed by atoms with E-state index in [1.54, 1.807) is 4.90 Å². The van der Waals surface area contributed by atoms with Gasteiger partial charge in [0.05, 0.1) is 6.54 Å². The second kappa shape index (κ2) is 10.0. The molecule has 0 bridgehead atoms. The first kappa shape index (κ1) is 22.1. The molecule has 5 nitrogen and oxygen atoms in total. The molecule has 4 rings (SSSR count). The fourth-order valence-electron chi connectivity index (χ4n) is 4.19. The van der Waals surface area contributed by atoms with Crippen molar-refractivity contribution in [2.75, 3.05) is 19.6 Å². The minimum atomic E-state index is 0.0212. The molecule has 0 aliphatic heterocycles. The Kier molecular flexibility index (Phi) is 6.93. The van der Waals surface area contributed by atoms with Gasteiger partial charge in [-0.15, -0.1) is 0 Å².